The van der Waals surface area contributed by atoms with Gasteiger partial charge in [0.1, 0.15) is 5.75 Å². The topological polar surface area (TPSA) is 24.5 Å². The van der Waals surface area contributed by atoms with E-state index in [0.717, 1.165) is 31.8 Å². The van der Waals surface area contributed by atoms with Gasteiger partial charge in [0.25, 0.3) is 0 Å². The molecule has 0 bridgehead atoms. The van der Waals surface area contributed by atoms with E-state index in [-0.39, 0.29) is 0 Å². The smallest absolute Gasteiger partial charge is 0.120 e. The molecule has 3 heteroatoms. The molecule has 0 aliphatic carbocycles. The van der Waals surface area contributed by atoms with Gasteiger partial charge < -0.3 is 10.1 Å². The number of methoxy groups -OCH3 is 1. The van der Waals surface area contributed by atoms with Crippen LogP contribution in [0.2, 0.25) is 0 Å². The number of benzene rings is 1. The summed E-state index contributed by atoms with van der Waals surface area (Å²) in [6.45, 7) is 7.73. The number of rotatable bonds is 4. The Morgan fingerprint density at radius 1 is 1.35 bits per heavy atom. The second kappa shape index (κ2) is 5.41. The molecule has 1 aliphatic heterocycles. The predicted molar refractivity (Wildman–Crippen MR) is 71.9 cm³/mol. The standard InChI is InChI=1S/C14H22N2O/c1-4-16(5-2)12-8-11-6-7-13(17-3)9-14(11)15-10-12/h6-7,9,12,15H,4-5,8,10H2,1-3H3. The average Bonchev–Trinajstić information content (AvgIpc) is 2.39. The maximum absolute atomic E-state index is 5.25. The molecule has 3 nitrogen and oxygen atoms in total. The third-order valence-corrected chi connectivity index (χ3v) is 3.63. The van der Waals surface area contributed by atoms with Gasteiger partial charge in [-0.15, -0.1) is 0 Å². The summed E-state index contributed by atoms with van der Waals surface area (Å²) in [5.74, 6) is 0.928. The number of anilines is 1. The normalized spacial score (nSPS) is 18.7. The average molecular weight is 234 g/mol. The van der Waals surface area contributed by atoms with Crippen molar-refractivity contribution in [2.24, 2.45) is 0 Å². The number of likely N-dealkylation sites (N-methyl/N-ethyl adjacent to an activating group) is 1. The molecular weight excluding hydrogens is 212 g/mol. The zero-order valence-electron chi connectivity index (χ0n) is 11.0. The molecule has 0 saturated carbocycles. The summed E-state index contributed by atoms with van der Waals surface area (Å²) in [5, 5.41) is 3.51. The van der Waals surface area contributed by atoms with Crippen LogP contribution in [0, 0.1) is 0 Å². The lowest BCUT2D eigenvalue weighted by Crippen LogP contribution is -2.43. The lowest BCUT2D eigenvalue weighted by molar-refractivity contribution is 0.221. The van der Waals surface area contributed by atoms with E-state index in [1.54, 1.807) is 7.11 Å². The van der Waals surface area contributed by atoms with Crippen LogP contribution >= 0.6 is 0 Å². The van der Waals surface area contributed by atoms with Crippen molar-refractivity contribution in [1.82, 2.24) is 4.90 Å². The van der Waals surface area contributed by atoms with Gasteiger partial charge in [-0.2, -0.15) is 0 Å². The number of hydrogen-bond donors (Lipinski definition) is 1. The first-order chi connectivity index (χ1) is 8.28. The van der Waals surface area contributed by atoms with Crippen molar-refractivity contribution in [3.05, 3.63) is 23.8 Å². The van der Waals surface area contributed by atoms with Crippen LogP contribution in [0.4, 0.5) is 5.69 Å². The van der Waals surface area contributed by atoms with Crippen LogP contribution in [-0.4, -0.2) is 37.7 Å². The molecule has 1 atom stereocenters. The van der Waals surface area contributed by atoms with E-state index in [4.69, 9.17) is 4.74 Å². The van der Waals surface area contributed by atoms with Gasteiger partial charge in [0, 0.05) is 24.3 Å². The largest absolute Gasteiger partial charge is 0.497 e. The Morgan fingerprint density at radius 3 is 2.76 bits per heavy atom. The molecular formula is C14H22N2O. The van der Waals surface area contributed by atoms with Crippen LogP contribution in [-0.2, 0) is 6.42 Å². The molecule has 1 heterocycles. The second-order valence-electron chi connectivity index (χ2n) is 4.48. The van der Waals surface area contributed by atoms with Crippen LogP contribution in [0.15, 0.2) is 18.2 Å². The molecule has 0 radical (unpaired) electrons. The Bertz CT molecular complexity index is 374. The SMILES string of the molecule is CCN(CC)C1CNc2cc(OC)ccc2C1. The summed E-state index contributed by atoms with van der Waals surface area (Å²) in [6, 6.07) is 6.93. The fourth-order valence-electron chi connectivity index (χ4n) is 2.58. The Labute approximate surface area is 104 Å². The highest BCUT2D eigenvalue weighted by Gasteiger charge is 2.22. The van der Waals surface area contributed by atoms with Crippen molar-refractivity contribution in [3.8, 4) is 5.75 Å². The minimum Gasteiger partial charge on any atom is -0.497 e. The summed E-state index contributed by atoms with van der Waals surface area (Å²) in [4.78, 5) is 2.51. The van der Waals surface area contributed by atoms with Gasteiger partial charge in [-0.1, -0.05) is 19.9 Å². The van der Waals surface area contributed by atoms with Gasteiger partial charge in [-0.25, -0.2) is 0 Å². The van der Waals surface area contributed by atoms with Gasteiger partial charge >= 0.3 is 0 Å². The minimum atomic E-state index is 0.617. The fraction of sp³-hybridized carbons (Fsp3) is 0.571. The molecule has 1 N–H and O–H groups in total. The Balaban J connectivity index is 2.13. The third-order valence-electron chi connectivity index (χ3n) is 3.63. The molecule has 1 aromatic rings. The Morgan fingerprint density at radius 2 is 2.12 bits per heavy atom. The molecule has 0 amide bonds. The van der Waals surface area contributed by atoms with E-state index in [1.165, 1.54) is 11.3 Å². The second-order valence-corrected chi connectivity index (χ2v) is 4.48. The summed E-state index contributed by atoms with van der Waals surface area (Å²) >= 11 is 0. The maximum atomic E-state index is 5.25. The quantitative estimate of drug-likeness (QED) is 0.865. The van der Waals surface area contributed by atoms with Crippen LogP contribution in [0.1, 0.15) is 19.4 Å². The zero-order valence-corrected chi connectivity index (χ0v) is 11.0. The van der Waals surface area contributed by atoms with Crippen molar-refractivity contribution < 1.29 is 4.74 Å². The predicted octanol–water partition coefficient (Wildman–Crippen LogP) is 2.37. The van der Waals surface area contributed by atoms with E-state index < -0.39 is 0 Å². The van der Waals surface area contributed by atoms with E-state index in [0.29, 0.717) is 6.04 Å². The summed E-state index contributed by atoms with van der Waals surface area (Å²) in [7, 11) is 1.71. The van der Waals surface area contributed by atoms with E-state index in [9.17, 15) is 0 Å². The molecule has 1 unspecified atom stereocenters. The zero-order chi connectivity index (χ0) is 12.3. The molecule has 0 fully saturated rings. The molecule has 0 aromatic heterocycles. The molecule has 1 aromatic carbocycles. The summed E-state index contributed by atoms with van der Waals surface area (Å²) in [6.07, 6.45) is 1.13. The Kier molecular flexibility index (Phi) is 3.89. The molecule has 0 spiro atoms. The minimum absolute atomic E-state index is 0.617. The Hall–Kier alpha value is -1.22. The molecule has 2 rings (SSSR count). The van der Waals surface area contributed by atoms with Gasteiger partial charge in [-0.05, 0) is 31.1 Å². The first-order valence-corrected chi connectivity index (χ1v) is 6.43. The molecule has 94 valence electrons. The van der Waals surface area contributed by atoms with Gasteiger partial charge in [-0.3, -0.25) is 4.90 Å². The van der Waals surface area contributed by atoms with Crippen molar-refractivity contribution in [2.45, 2.75) is 26.3 Å². The van der Waals surface area contributed by atoms with Crippen molar-refractivity contribution >= 4 is 5.69 Å². The first-order valence-electron chi connectivity index (χ1n) is 6.43. The molecule has 17 heavy (non-hydrogen) atoms. The van der Waals surface area contributed by atoms with Crippen molar-refractivity contribution in [2.75, 3.05) is 32.1 Å². The van der Waals surface area contributed by atoms with Gasteiger partial charge in [0.15, 0.2) is 0 Å². The van der Waals surface area contributed by atoms with Crippen LogP contribution in [0.5, 0.6) is 5.75 Å². The third kappa shape index (κ3) is 2.55. The number of nitrogens with zero attached hydrogens (tertiary/aromatic N) is 1. The van der Waals surface area contributed by atoms with Crippen LogP contribution < -0.4 is 10.1 Å². The number of ether oxygens (including phenoxy) is 1. The van der Waals surface area contributed by atoms with E-state index in [2.05, 4.69) is 36.2 Å². The van der Waals surface area contributed by atoms with Gasteiger partial charge in [0.05, 0.1) is 7.11 Å². The molecule has 0 saturated heterocycles. The van der Waals surface area contributed by atoms with E-state index >= 15 is 0 Å². The highest BCUT2D eigenvalue weighted by molar-refractivity contribution is 5.57. The maximum Gasteiger partial charge on any atom is 0.120 e. The van der Waals surface area contributed by atoms with Crippen LogP contribution in [0.3, 0.4) is 0 Å². The highest BCUT2D eigenvalue weighted by Crippen LogP contribution is 2.27. The number of hydrogen-bond acceptors (Lipinski definition) is 3. The summed E-state index contributed by atoms with van der Waals surface area (Å²) in [5.41, 5.74) is 2.63. The van der Waals surface area contributed by atoms with Crippen LogP contribution in [0.25, 0.3) is 0 Å². The lowest BCUT2D eigenvalue weighted by atomic mass is 9.98. The highest BCUT2D eigenvalue weighted by atomic mass is 16.5. The summed E-state index contributed by atoms with van der Waals surface area (Å²) < 4.78 is 5.25. The van der Waals surface area contributed by atoms with Crippen molar-refractivity contribution in [1.29, 1.82) is 0 Å². The van der Waals surface area contributed by atoms with Crippen molar-refractivity contribution in [3.63, 3.8) is 0 Å². The van der Waals surface area contributed by atoms with E-state index in [1.807, 2.05) is 6.07 Å². The number of fused-ring (bicyclic) bond motifs is 1. The fourth-order valence-corrected chi connectivity index (χ4v) is 2.58. The number of nitrogens with one attached hydrogen (secondary N) is 1. The lowest BCUT2D eigenvalue weighted by Gasteiger charge is -2.34. The first kappa shape index (κ1) is 12.2. The molecule has 1 aliphatic rings. The van der Waals surface area contributed by atoms with Gasteiger partial charge in [0.2, 0.25) is 0 Å². The monoisotopic (exact) mass is 234 g/mol.